The first-order chi connectivity index (χ1) is 16.6. The Morgan fingerprint density at radius 1 is 1.14 bits per heavy atom. The van der Waals surface area contributed by atoms with Gasteiger partial charge >= 0.3 is 0 Å². The molecule has 0 aliphatic carbocycles. The third kappa shape index (κ3) is 12.6. The number of benzene rings is 1. The van der Waals surface area contributed by atoms with Crippen molar-refractivity contribution in [3.8, 4) is 0 Å². The Morgan fingerprint density at radius 3 is 2.29 bits per heavy atom. The lowest BCUT2D eigenvalue weighted by molar-refractivity contribution is -0.134. The van der Waals surface area contributed by atoms with Crippen molar-refractivity contribution in [2.75, 3.05) is 13.2 Å². The molecule has 198 valence electrons. The number of allylic oxidation sites excluding steroid dienone is 4. The summed E-state index contributed by atoms with van der Waals surface area (Å²) in [5, 5.41) is 1.71. The first-order valence-electron chi connectivity index (χ1n) is 13.0. The highest BCUT2D eigenvalue weighted by atomic mass is 32.1. The van der Waals surface area contributed by atoms with Gasteiger partial charge in [0.25, 0.3) is 0 Å². The molecule has 0 aromatic heterocycles. The van der Waals surface area contributed by atoms with Crippen molar-refractivity contribution in [2.24, 2.45) is 5.41 Å². The molecule has 0 unspecified atom stereocenters. The zero-order valence-corrected chi connectivity index (χ0v) is 24.1. The van der Waals surface area contributed by atoms with Crippen molar-refractivity contribution < 1.29 is 13.6 Å². The highest BCUT2D eigenvalue weighted by molar-refractivity contribution is 7.78. The number of halogens is 2. The molecule has 0 spiro atoms. The van der Waals surface area contributed by atoms with Gasteiger partial charge in [0.2, 0.25) is 5.91 Å². The van der Waals surface area contributed by atoms with Crippen molar-refractivity contribution in [2.45, 2.75) is 100 Å². The van der Waals surface area contributed by atoms with Gasteiger partial charge in [0.05, 0.1) is 0 Å². The molecule has 2 nitrogen and oxygen atoms in total. The number of hydrogen-bond acceptors (Lipinski definition) is 2. The Balaban J connectivity index is 0.00000174. The fourth-order valence-corrected chi connectivity index (χ4v) is 3.75. The maximum atomic E-state index is 14.4. The summed E-state index contributed by atoms with van der Waals surface area (Å²) in [6.07, 6.45) is 5.91. The first-order valence-corrected chi connectivity index (χ1v) is 13.5. The fraction of sp³-hybridized carbons (Fsp3) is 0.600. The molecule has 35 heavy (non-hydrogen) atoms. The second kappa shape index (κ2) is 17.5. The lowest BCUT2D eigenvalue weighted by Gasteiger charge is -2.31. The number of aryl methyl sites for hydroxylation is 1. The lowest BCUT2D eigenvalue weighted by Crippen LogP contribution is -2.37. The minimum absolute atomic E-state index is 0.0111. The first kappa shape index (κ1) is 33.1. The summed E-state index contributed by atoms with van der Waals surface area (Å²) in [4.78, 5) is 14.5. The monoisotopic (exact) mass is 507 g/mol. The number of amides is 1. The summed E-state index contributed by atoms with van der Waals surface area (Å²) < 4.78 is 27.8. The third-order valence-corrected chi connectivity index (χ3v) is 5.86. The zero-order chi connectivity index (χ0) is 27.0. The van der Waals surface area contributed by atoms with E-state index in [9.17, 15) is 13.6 Å². The zero-order valence-electron chi connectivity index (χ0n) is 23.3. The average molecular weight is 508 g/mol. The number of rotatable bonds is 8. The van der Waals surface area contributed by atoms with Gasteiger partial charge in [-0.2, -0.15) is 0 Å². The van der Waals surface area contributed by atoms with E-state index in [1.807, 2.05) is 38.7 Å². The molecule has 0 N–H and O–H groups in total. The summed E-state index contributed by atoms with van der Waals surface area (Å²) in [6, 6.07) is 6.24. The number of alkyl halides is 1. The number of carbonyl (C=O) groups is 1. The van der Waals surface area contributed by atoms with E-state index in [0.29, 0.717) is 31.4 Å². The molecule has 1 aromatic rings. The lowest BCUT2D eigenvalue weighted by atomic mass is 9.90. The molecule has 1 amide bonds. The Kier molecular flexibility index (Phi) is 16.6. The maximum Gasteiger partial charge on any atom is 0.223 e. The molecular formula is C30H47F2NOS. The smallest absolute Gasteiger partial charge is 0.223 e. The largest absolute Gasteiger partial charge is 0.338 e. The summed E-state index contributed by atoms with van der Waals surface area (Å²) >= 11 is 4.43. The summed E-state index contributed by atoms with van der Waals surface area (Å²) in [6.45, 7) is 16.5. The van der Waals surface area contributed by atoms with E-state index in [0.717, 1.165) is 31.4 Å². The Bertz CT molecular complexity index is 852. The van der Waals surface area contributed by atoms with Gasteiger partial charge in [-0.25, -0.2) is 8.78 Å². The molecule has 0 saturated carbocycles. The highest BCUT2D eigenvalue weighted by Crippen LogP contribution is 2.26. The standard InChI is InChI=1S/C25H35F2NO.C3H6S.C2H6/c1-6-7-18(2)24(27)21(16-26)10-8-19-9-11-22-17-28(13-12-20(22)14-19)23(29)15-25(3,4)5;1-2-3-4;1-2/h7,9,11,14H,6,8,10,12-13,15-17H2,1-5H3;3H,2H2,1H3;1-2H3/b18-7-,24-21+;;. The summed E-state index contributed by atoms with van der Waals surface area (Å²) in [5.41, 5.74) is 4.26. The van der Waals surface area contributed by atoms with E-state index >= 15 is 0 Å². The van der Waals surface area contributed by atoms with Crippen LogP contribution in [0.25, 0.3) is 0 Å². The van der Waals surface area contributed by atoms with Gasteiger partial charge in [-0.3, -0.25) is 4.79 Å². The molecule has 1 heterocycles. The fourth-order valence-electron chi connectivity index (χ4n) is 3.75. The van der Waals surface area contributed by atoms with E-state index in [2.05, 4.69) is 45.1 Å². The Labute approximate surface area is 218 Å². The van der Waals surface area contributed by atoms with Crippen molar-refractivity contribution in [3.63, 3.8) is 0 Å². The van der Waals surface area contributed by atoms with Crippen molar-refractivity contribution in [1.82, 2.24) is 4.90 Å². The number of fused-ring (bicyclic) bond motifs is 1. The summed E-state index contributed by atoms with van der Waals surface area (Å²) in [7, 11) is 0. The molecule has 5 heteroatoms. The maximum absolute atomic E-state index is 14.4. The number of hydrogen-bond donors (Lipinski definition) is 0. The van der Waals surface area contributed by atoms with Crippen LogP contribution in [0.5, 0.6) is 0 Å². The highest BCUT2D eigenvalue weighted by Gasteiger charge is 2.24. The number of carbonyl (C=O) groups excluding carboxylic acids is 1. The van der Waals surface area contributed by atoms with E-state index < -0.39 is 12.5 Å². The van der Waals surface area contributed by atoms with Crippen molar-refractivity contribution in [3.05, 3.63) is 57.9 Å². The van der Waals surface area contributed by atoms with Crippen LogP contribution >= 0.6 is 12.2 Å². The van der Waals surface area contributed by atoms with Crippen LogP contribution in [0.2, 0.25) is 0 Å². The van der Waals surface area contributed by atoms with Crippen LogP contribution < -0.4 is 0 Å². The van der Waals surface area contributed by atoms with Crippen LogP contribution in [0.3, 0.4) is 0 Å². The predicted octanol–water partition coefficient (Wildman–Crippen LogP) is 8.91. The molecule has 0 saturated heterocycles. The van der Waals surface area contributed by atoms with Crippen LogP contribution in [0.15, 0.2) is 41.2 Å². The van der Waals surface area contributed by atoms with Crippen molar-refractivity contribution >= 4 is 23.5 Å². The van der Waals surface area contributed by atoms with Gasteiger partial charge in [-0.15, -0.1) is 0 Å². The molecule has 0 atom stereocenters. The molecule has 1 aliphatic rings. The predicted molar refractivity (Wildman–Crippen MR) is 151 cm³/mol. The van der Waals surface area contributed by atoms with Crippen LogP contribution in [-0.4, -0.2) is 29.4 Å². The van der Waals surface area contributed by atoms with Gasteiger partial charge in [0.15, 0.2) is 0 Å². The van der Waals surface area contributed by atoms with Gasteiger partial charge in [0.1, 0.15) is 12.5 Å². The van der Waals surface area contributed by atoms with Gasteiger partial charge in [-0.1, -0.05) is 85.0 Å². The topological polar surface area (TPSA) is 20.3 Å². The third-order valence-electron chi connectivity index (χ3n) is 5.53. The van der Waals surface area contributed by atoms with E-state index in [-0.39, 0.29) is 16.9 Å². The molecule has 1 aromatic carbocycles. The average Bonchev–Trinajstić information content (AvgIpc) is 2.84. The minimum Gasteiger partial charge on any atom is -0.338 e. The molecule has 0 radical (unpaired) electrons. The second-order valence-electron chi connectivity index (χ2n) is 9.83. The molecule has 2 rings (SSSR count). The quantitative estimate of drug-likeness (QED) is 0.259. The second-order valence-corrected chi connectivity index (χ2v) is 10.2. The van der Waals surface area contributed by atoms with Crippen molar-refractivity contribution in [1.29, 1.82) is 0 Å². The van der Waals surface area contributed by atoms with Gasteiger partial charge in [-0.05, 0) is 77.6 Å². The Morgan fingerprint density at radius 2 is 1.77 bits per heavy atom. The van der Waals surface area contributed by atoms with E-state index in [1.54, 1.807) is 18.4 Å². The number of thiocarbonyl (C=S) groups is 1. The van der Waals surface area contributed by atoms with Crippen LogP contribution in [0, 0.1) is 5.41 Å². The summed E-state index contributed by atoms with van der Waals surface area (Å²) in [5.74, 6) is -0.198. The van der Waals surface area contributed by atoms with E-state index in [4.69, 9.17) is 0 Å². The Hall–Kier alpha value is -1.88. The molecule has 1 aliphatic heterocycles. The minimum atomic E-state index is -0.753. The van der Waals surface area contributed by atoms with Gasteiger partial charge in [0, 0.05) is 19.5 Å². The normalized spacial score (nSPS) is 14.0. The molecular weight excluding hydrogens is 460 g/mol. The van der Waals surface area contributed by atoms with Gasteiger partial charge < -0.3 is 4.90 Å². The van der Waals surface area contributed by atoms with Crippen LogP contribution in [-0.2, 0) is 24.2 Å². The molecule has 0 fully saturated rings. The number of nitrogens with zero attached hydrogens (tertiary/aromatic N) is 1. The van der Waals surface area contributed by atoms with Crippen LogP contribution in [0.4, 0.5) is 8.78 Å². The SMILES string of the molecule is CC.CC/C=C(C)\C(F)=C(/CF)CCc1ccc2c(c1)CCN(C(=O)CC(C)(C)C)C2.CCC=S. The molecule has 0 bridgehead atoms. The van der Waals surface area contributed by atoms with Crippen LogP contribution in [0.1, 0.15) is 97.8 Å². The van der Waals surface area contributed by atoms with E-state index in [1.165, 1.54) is 11.1 Å².